The molecule has 1 fully saturated rings. The molecule has 0 N–H and O–H groups in total. The maximum Gasteiger partial charge on any atom is 0.0642 e. The lowest BCUT2D eigenvalue weighted by molar-refractivity contribution is 0.122. The Balaban J connectivity index is 1.45. The van der Waals surface area contributed by atoms with Gasteiger partial charge in [0.15, 0.2) is 0 Å². The Bertz CT molecular complexity index is 799. The zero-order valence-electron chi connectivity index (χ0n) is 15.5. The smallest absolute Gasteiger partial charge is 0.0642 e. The van der Waals surface area contributed by atoms with E-state index in [1.807, 2.05) is 29.8 Å². The standard InChI is InChI=1S/C22H25N3OS/c1-3-20(15-23-9-1)17-24(18-22-4-2-14-27-22)16-19-5-7-21(8-6-19)25-10-12-26-13-11-25/h1-9,14-15H,10-13,16-18H2. The number of hydrogen-bond donors (Lipinski definition) is 0. The van der Waals surface area contributed by atoms with E-state index in [4.69, 9.17) is 4.74 Å². The lowest BCUT2D eigenvalue weighted by Gasteiger charge is -2.29. The summed E-state index contributed by atoms with van der Waals surface area (Å²) in [6, 6.07) is 17.5. The second-order valence-electron chi connectivity index (χ2n) is 6.85. The molecule has 1 aliphatic heterocycles. The Morgan fingerprint density at radius 2 is 1.74 bits per heavy atom. The first-order valence-electron chi connectivity index (χ1n) is 9.42. The molecule has 1 aliphatic rings. The van der Waals surface area contributed by atoms with Crippen molar-refractivity contribution in [2.45, 2.75) is 19.6 Å². The maximum absolute atomic E-state index is 5.45. The van der Waals surface area contributed by atoms with E-state index in [2.05, 4.69) is 62.6 Å². The lowest BCUT2D eigenvalue weighted by atomic mass is 10.1. The highest BCUT2D eigenvalue weighted by atomic mass is 32.1. The molecule has 4 nitrogen and oxygen atoms in total. The number of aromatic nitrogens is 1. The van der Waals surface area contributed by atoms with Crippen molar-refractivity contribution >= 4 is 17.0 Å². The second-order valence-corrected chi connectivity index (χ2v) is 7.88. The van der Waals surface area contributed by atoms with E-state index < -0.39 is 0 Å². The molecular formula is C22H25N3OS. The van der Waals surface area contributed by atoms with Crippen LogP contribution >= 0.6 is 11.3 Å². The molecule has 27 heavy (non-hydrogen) atoms. The monoisotopic (exact) mass is 379 g/mol. The molecule has 1 saturated heterocycles. The average Bonchev–Trinajstić information content (AvgIpc) is 3.23. The summed E-state index contributed by atoms with van der Waals surface area (Å²) in [7, 11) is 0. The number of pyridine rings is 1. The molecule has 4 rings (SSSR count). The minimum atomic E-state index is 0.821. The Morgan fingerprint density at radius 1 is 0.926 bits per heavy atom. The Morgan fingerprint density at radius 3 is 2.44 bits per heavy atom. The molecule has 0 radical (unpaired) electrons. The summed E-state index contributed by atoms with van der Waals surface area (Å²) in [5, 5.41) is 2.15. The summed E-state index contributed by atoms with van der Waals surface area (Å²) in [5.41, 5.74) is 3.88. The van der Waals surface area contributed by atoms with E-state index in [0.717, 1.165) is 45.9 Å². The van der Waals surface area contributed by atoms with E-state index in [9.17, 15) is 0 Å². The van der Waals surface area contributed by atoms with Gasteiger partial charge in [0.05, 0.1) is 13.2 Å². The maximum atomic E-state index is 5.45. The molecular weight excluding hydrogens is 354 g/mol. The van der Waals surface area contributed by atoms with E-state index in [1.54, 1.807) is 0 Å². The fourth-order valence-electron chi connectivity index (χ4n) is 3.43. The van der Waals surface area contributed by atoms with Crippen molar-refractivity contribution in [1.82, 2.24) is 9.88 Å². The molecule has 0 saturated carbocycles. The molecule has 5 heteroatoms. The lowest BCUT2D eigenvalue weighted by Crippen LogP contribution is -2.36. The Labute approximate surface area is 165 Å². The fraction of sp³-hybridized carbons (Fsp3) is 0.318. The number of ether oxygens (including phenoxy) is 1. The van der Waals surface area contributed by atoms with E-state index in [0.29, 0.717) is 0 Å². The predicted molar refractivity (Wildman–Crippen MR) is 111 cm³/mol. The number of thiophene rings is 1. The van der Waals surface area contributed by atoms with E-state index in [1.165, 1.54) is 21.7 Å². The van der Waals surface area contributed by atoms with Crippen LogP contribution in [-0.4, -0.2) is 36.2 Å². The number of morpholine rings is 1. The third kappa shape index (κ3) is 5.16. The van der Waals surface area contributed by atoms with Crippen molar-refractivity contribution in [3.05, 3.63) is 82.3 Å². The van der Waals surface area contributed by atoms with Crippen LogP contribution in [0.25, 0.3) is 0 Å². The Hall–Kier alpha value is -2.21. The van der Waals surface area contributed by atoms with Crippen LogP contribution in [0, 0.1) is 0 Å². The van der Waals surface area contributed by atoms with Gasteiger partial charge in [0.2, 0.25) is 0 Å². The van der Waals surface area contributed by atoms with Gasteiger partial charge >= 0.3 is 0 Å². The van der Waals surface area contributed by atoms with Crippen molar-refractivity contribution in [3.63, 3.8) is 0 Å². The van der Waals surface area contributed by atoms with Gasteiger partial charge in [0.1, 0.15) is 0 Å². The number of nitrogens with zero attached hydrogens (tertiary/aromatic N) is 3. The number of rotatable bonds is 7. The van der Waals surface area contributed by atoms with Gasteiger partial charge in [0, 0.05) is 55.7 Å². The molecule has 0 atom stereocenters. The summed E-state index contributed by atoms with van der Waals surface area (Å²) >= 11 is 1.82. The van der Waals surface area contributed by atoms with Gasteiger partial charge in [-0.2, -0.15) is 0 Å². The van der Waals surface area contributed by atoms with Crippen LogP contribution in [0.2, 0.25) is 0 Å². The van der Waals surface area contributed by atoms with Gasteiger partial charge in [-0.1, -0.05) is 24.3 Å². The quantitative estimate of drug-likeness (QED) is 0.616. The largest absolute Gasteiger partial charge is 0.378 e. The number of hydrogen-bond acceptors (Lipinski definition) is 5. The van der Waals surface area contributed by atoms with Gasteiger partial charge in [-0.15, -0.1) is 11.3 Å². The summed E-state index contributed by atoms with van der Waals surface area (Å²) < 4.78 is 5.45. The van der Waals surface area contributed by atoms with Crippen LogP contribution in [0.4, 0.5) is 5.69 Å². The minimum absolute atomic E-state index is 0.821. The third-order valence-electron chi connectivity index (χ3n) is 4.81. The van der Waals surface area contributed by atoms with Crippen molar-refractivity contribution in [3.8, 4) is 0 Å². The van der Waals surface area contributed by atoms with Gasteiger partial charge in [-0.25, -0.2) is 0 Å². The van der Waals surface area contributed by atoms with E-state index >= 15 is 0 Å². The fourth-order valence-corrected chi connectivity index (χ4v) is 4.18. The first-order chi connectivity index (χ1) is 13.4. The summed E-state index contributed by atoms with van der Waals surface area (Å²) in [6.07, 6.45) is 3.79. The SMILES string of the molecule is c1cncc(CN(Cc2ccc(N3CCOCC3)cc2)Cc2cccs2)c1. The van der Waals surface area contributed by atoms with Gasteiger partial charge in [0.25, 0.3) is 0 Å². The van der Waals surface area contributed by atoms with Crippen LogP contribution in [0.15, 0.2) is 66.3 Å². The van der Waals surface area contributed by atoms with Crippen LogP contribution in [0.5, 0.6) is 0 Å². The van der Waals surface area contributed by atoms with Crippen molar-refractivity contribution < 1.29 is 4.74 Å². The first-order valence-corrected chi connectivity index (χ1v) is 10.3. The zero-order chi connectivity index (χ0) is 18.3. The molecule has 2 aromatic heterocycles. The summed E-state index contributed by atoms with van der Waals surface area (Å²) in [6.45, 7) is 6.38. The summed E-state index contributed by atoms with van der Waals surface area (Å²) in [5.74, 6) is 0. The first kappa shape index (κ1) is 18.2. The molecule has 3 aromatic rings. The topological polar surface area (TPSA) is 28.6 Å². The molecule has 0 bridgehead atoms. The highest BCUT2D eigenvalue weighted by molar-refractivity contribution is 7.09. The molecule has 140 valence electrons. The Kier molecular flexibility index (Phi) is 6.14. The van der Waals surface area contributed by atoms with Crippen molar-refractivity contribution in [1.29, 1.82) is 0 Å². The molecule has 0 unspecified atom stereocenters. The predicted octanol–water partition coefficient (Wildman–Crippen LogP) is 4.18. The highest BCUT2D eigenvalue weighted by Crippen LogP contribution is 2.20. The molecule has 0 aliphatic carbocycles. The average molecular weight is 380 g/mol. The number of anilines is 1. The third-order valence-corrected chi connectivity index (χ3v) is 5.67. The molecule has 0 spiro atoms. The normalized spacial score (nSPS) is 14.6. The molecule has 0 amide bonds. The van der Waals surface area contributed by atoms with Crippen LogP contribution in [0.1, 0.15) is 16.0 Å². The zero-order valence-corrected chi connectivity index (χ0v) is 16.3. The number of benzene rings is 1. The second kappa shape index (κ2) is 9.13. The minimum Gasteiger partial charge on any atom is -0.378 e. The summed E-state index contributed by atoms with van der Waals surface area (Å²) in [4.78, 5) is 10.5. The highest BCUT2D eigenvalue weighted by Gasteiger charge is 2.12. The van der Waals surface area contributed by atoms with Crippen molar-refractivity contribution in [2.24, 2.45) is 0 Å². The van der Waals surface area contributed by atoms with Gasteiger partial charge in [-0.05, 0) is 40.8 Å². The molecule has 3 heterocycles. The van der Waals surface area contributed by atoms with Crippen LogP contribution in [0.3, 0.4) is 0 Å². The van der Waals surface area contributed by atoms with Crippen molar-refractivity contribution in [2.75, 3.05) is 31.2 Å². The van der Waals surface area contributed by atoms with Crippen LogP contribution < -0.4 is 4.90 Å². The van der Waals surface area contributed by atoms with Crippen LogP contribution in [-0.2, 0) is 24.4 Å². The van der Waals surface area contributed by atoms with Gasteiger partial charge < -0.3 is 9.64 Å². The molecule has 1 aromatic carbocycles. The van der Waals surface area contributed by atoms with E-state index in [-0.39, 0.29) is 0 Å². The van der Waals surface area contributed by atoms with Gasteiger partial charge in [-0.3, -0.25) is 9.88 Å².